The summed E-state index contributed by atoms with van der Waals surface area (Å²) in [5, 5.41) is 27.0. The van der Waals surface area contributed by atoms with Crippen LogP contribution in [0.5, 0.6) is 0 Å². The van der Waals surface area contributed by atoms with E-state index < -0.39 is 31.2 Å². The van der Waals surface area contributed by atoms with Gasteiger partial charge in [-0.25, -0.2) is 0 Å². The second-order valence-corrected chi connectivity index (χ2v) is 4.11. The second-order valence-electron chi connectivity index (χ2n) is 4.11. The number of aliphatic hydroxyl groups is 3. The fourth-order valence-electron chi connectivity index (χ4n) is 1.15. The average Bonchev–Trinajstić information content (AvgIpc) is 2.48. The Kier molecular flexibility index (Phi) is 11.5. The second kappa shape index (κ2) is 12.0. The first-order valence-electron chi connectivity index (χ1n) is 6.31. The lowest BCUT2D eigenvalue weighted by Crippen LogP contribution is -2.43. The molecule has 0 heterocycles. The lowest BCUT2D eigenvalue weighted by atomic mass is 9.91. The first-order valence-corrected chi connectivity index (χ1v) is 6.31. The summed E-state index contributed by atoms with van der Waals surface area (Å²) in [6.07, 6.45) is 0. The molecule has 20 heavy (non-hydrogen) atoms. The summed E-state index contributed by atoms with van der Waals surface area (Å²) in [5.74, 6) is -0.857. The van der Waals surface area contributed by atoms with E-state index in [4.69, 9.17) is 34.3 Å². The van der Waals surface area contributed by atoms with E-state index in [9.17, 15) is 4.79 Å². The Morgan fingerprint density at radius 3 is 1.75 bits per heavy atom. The summed E-state index contributed by atoms with van der Waals surface area (Å²) >= 11 is 0. The smallest absolute Gasteiger partial charge is 0.319 e. The Balaban J connectivity index is 3.61. The Bertz CT molecular complexity index is 233. The summed E-state index contributed by atoms with van der Waals surface area (Å²) in [4.78, 5) is 11.6. The summed E-state index contributed by atoms with van der Waals surface area (Å²) in [6.45, 7) is -0.162. The van der Waals surface area contributed by atoms with E-state index in [1.165, 1.54) is 0 Å². The molecule has 0 aliphatic heterocycles. The number of hydrogen-bond acceptors (Lipinski definition) is 8. The van der Waals surface area contributed by atoms with Crippen molar-refractivity contribution in [3.8, 4) is 0 Å². The van der Waals surface area contributed by atoms with E-state index in [0.717, 1.165) is 0 Å². The number of ether oxygens (including phenoxy) is 4. The van der Waals surface area contributed by atoms with E-state index in [-0.39, 0.29) is 13.2 Å². The Labute approximate surface area is 118 Å². The molecule has 3 N–H and O–H groups in total. The van der Waals surface area contributed by atoms with Gasteiger partial charge in [0.05, 0.1) is 52.9 Å². The predicted octanol–water partition coefficient (Wildman–Crippen LogP) is -1.83. The van der Waals surface area contributed by atoms with Gasteiger partial charge in [-0.2, -0.15) is 0 Å². The van der Waals surface area contributed by atoms with Crippen molar-refractivity contribution in [3.63, 3.8) is 0 Å². The van der Waals surface area contributed by atoms with Gasteiger partial charge in [0.1, 0.15) is 12.0 Å². The van der Waals surface area contributed by atoms with Crippen molar-refractivity contribution < 1.29 is 39.1 Å². The molecular formula is C12H24O8. The van der Waals surface area contributed by atoms with Crippen LogP contribution in [0, 0.1) is 5.41 Å². The summed E-state index contributed by atoms with van der Waals surface area (Å²) < 4.78 is 19.9. The van der Waals surface area contributed by atoms with Crippen LogP contribution in [0.3, 0.4) is 0 Å². The maximum absolute atomic E-state index is 11.6. The molecule has 0 saturated carbocycles. The number of carbonyl (C=O) groups is 1. The van der Waals surface area contributed by atoms with Crippen LogP contribution in [-0.4, -0.2) is 87.9 Å². The lowest BCUT2D eigenvalue weighted by Gasteiger charge is -2.24. The van der Waals surface area contributed by atoms with Crippen molar-refractivity contribution in [3.05, 3.63) is 0 Å². The highest BCUT2D eigenvalue weighted by atomic mass is 16.6. The fourth-order valence-corrected chi connectivity index (χ4v) is 1.15. The zero-order chi connectivity index (χ0) is 15.3. The van der Waals surface area contributed by atoms with Gasteiger partial charge in [-0.15, -0.1) is 0 Å². The number of methoxy groups -OCH3 is 1. The molecule has 0 radical (unpaired) electrons. The first kappa shape index (κ1) is 19.2. The molecule has 0 fully saturated rings. The normalized spacial score (nSPS) is 11.6. The fraction of sp³-hybridized carbons (Fsp3) is 0.917. The van der Waals surface area contributed by atoms with Crippen LogP contribution in [0.1, 0.15) is 0 Å². The molecule has 0 unspecified atom stereocenters. The first-order chi connectivity index (χ1) is 9.66. The lowest BCUT2D eigenvalue weighted by molar-refractivity contribution is -0.166. The van der Waals surface area contributed by atoms with E-state index in [1.807, 2.05) is 0 Å². The number of esters is 1. The van der Waals surface area contributed by atoms with Gasteiger partial charge in [0.2, 0.25) is 0 Å². The maximum atomic E-state index is 11.6. The molecule has 0 atom stereocenters. The standard InChI is InChI=1S/C12H24O8/c1-17-2-3-18-4-5-19-6-7-20-11(16)12(8-13,9-14)10-15/h13-15H,2-10H2,1H3. The van der Waals surface area contributed by atoms with E-state index in [0.29, 0.717) is 26.4 Å². The monoisotopic (exact) mass is 296 g/mol. The van der Waals surface area contributed by atoms with Crippen molar-refractivity contribution in [1.82, 2.24) is 0 Å². The number of aliphatic hydroxyl groups excluding tert-OH is 3. The molecule has 120 valence electrons. The molecule has 0 aromatic rings. The van der Waals surface area contributed by atoms with Gasteiger partial charge in [0.25, 0.3) is 0 Å². The van der Waals surface area contributed by atoms with Gasteiger partial charge >= 0.3 is 5.97 Å². The highest BCUT2D eigenvalue weighted by Gasteiger charge is 2.38. The quantitative estimate of drug-likeness (QED) is 0.269. The number of hydrogen-bond donors (Lipinski definition) is 3. The van der Waals surface area contributed by atoms with Crippen LogP contribution in [0.25, 0.3) is 0 Å². The third-order valence-corrected chi connectivity index (χ3v) is 2.61. The van der Waals surface area contributed by atoms with Crippen molar-refractivity contribution in [2.24, 2.45) is 5.41 Å². The van der Waals surface area contributed by atoms with E-state index >= 15 is 0 Å². The van der Waals surface area contributed by atoms with E-state index in [1.54, 1.807) is 7.11 Å². The molecule has 0 aliphatic carbocycles. The average molecular weight is 296 g/mol. The topological polar surface area (TPSA) is 115 Å². The molecule has 0 rings (SSSR count). The van der Waals surface area contributed by atoms with Crippen LogP contribution in [0.2, 0.25) is 0 Å². The summed E-state index contributed by atoms with van der Waals surface area (Å²) in [6, 6.07) is 0. The van der Waals surface area contributed by atoms with Gasteiger partial charge < -0.3 is 34.3 Å². The minimum atomic E-state index is -1.66. The third-order valence-electron chi connectivity index (χ3n) is 2.61. The highest BCUT2D eigenvalue weighted by Crippen LogP contribution is 2.16. The van der Waals surface area contributed by atoms with Crippen LogP contribution in [0.15, 0.2) is 0 Å². The Hall–Kier alpha value is -0.770. The molecule has 0 amide bonds. The molecule has 0 aromatic carbocycles. The van der Waals surface area contributed by atoms with Crippen molar-refractivity contribution >= 4 is 5.97 Å². The maximum Gasteiger partial charge on any atom is 0.319 e. The number of carbonyl (C=O) groups excluding carboxylic acids is 1. The minimum absolute atomic E-state index is 0.0291. The van der Waals surface area contributed by atoms with Crippen molar-refractivity contribution in [2.75, 3.05) is 66.6 Å². The van der Waals surface area contributed by atoms with Gasteiger partial charge in [-0.3, -0.25) is 4.79 Å². The SMILES string of the molecule is COCCOCCOCCOC(=O)C(CO)(CO)CO. The van der Waals surface area contributed by atoms with Crippen LogP contribution in [0.4, 0.5) is 0 Å². The number of rotatable bonds is 13. The molecule has 8 heteroatoms. The third kappa shape index (κ3) is 7.13. The van der Waals surface area contributed by atoms with Crippen LogP contribution < -0.4 is 0 Å². The van der Waals surface area contributed by atoms with Gasteiger partial charge in [-0.1, -0.05) is 0 Å². The Morgan fingerprint density at radius 2 is 1.30 bits per heavy atom. The summed E-state index contributed by atoms with van der Waals surface area (Å²) in [5.41, 5.74) is -1.66. The van der Waals surface area contributed by atoms with Gasteiger partial charge in [-0.05, 0) is 0 Å². The zero-order valence-corrected chi connectivity index (χ0v) is 11.7. The van der Waals surface area contributed by atoms with Crippen LogP contribution >= 0.6 is 0 Å². The molecule has 0 bridgehead atoms. The van der Waals surface area contributed by atoms with Gasteiger partial charge in [0, 0.05) is 7.11 Å². The summed E-state index contributed by atoms with van der Waals surface area (Å²) in [7, 11) is 1.58. The highest BCUT2D eigenvalue weighted by molar-refractivity contribution is 5.77. The predicted molar refractivity (Wildman–Crippen MR) is 68.2 cm³/mol. The van der Waals surface area contributed by atoms with E-state index in [2.05, 4.69) is 0 Å². The largest absolute Gasteiger partial charge is 0.463 e. The molecule has 0 spiro atoms. The molecule has 0 aromatic heterocycles. The molecule has 8 nitrogen and oxygen atoms in total. The van der Waals surface area contributed by atoms with Crippen molar-refractivity contribution in [2.45, 2.75) is 0 Å². The zero-order valence-electron chi connectivity index (χ0n) is 11.7. The van der Waals surface area contributed by atoms with Crippen molar-refractivity contribution in [1.29, 1.82) is 0 Å². The molecular weight excluding hydrogens is 272 g/mol. The van der Waals surface area contributed by atoms with Crippen LogP contribution in [-0.2, 0) is 23.7 Å². The Morgan fingerprint density at radius 1 is 0.850 bits per heavy atom. The van der Waals surface area contributed by atoms with Gasteiger partial charge in [0.15, 0.2) is 0 Å². The molecule has 0 saturated heterocycles. The minimum Gasteiger partial charge on any atom is -0.463 e. The molecule has 0 aliphatic rings.